The summed E-state index contributed by atoms with van der Waals surface area (Å²) in [7, 11) is 0. The third-order valence-corrected chi connectivity index (χ3v) is 10.4. The third-order valence-electron chi connectivity index (χ3n) is 10.4. The number of amides is 8. The number of aliphatic carboxylic acids is 3. The molecule has 2 aromatic carbocycles. The number of aromatic hydroxyl groups is 1. The molecular weight excluding hydrogens is 965 g/mol. The zero-order valence-electron chi connectivity index (χ0n) is 39.9. The molecular formula is C45H64N12O16. The van der Waals surface area contributed by atoms with E-state index < -0.39 is 139 Å². The Morgan fingerprint density at radius 1 is 0.534 bits per heavy atom. The number of phenolic OH excluding ortho intramolecular Hbond substituents is 1. The summed E-state index contributed by atoms with van der Waals surface area (Å²) in [5, 5.41) is 64.1. The van der Waals surface area contributed by atoms with Crippen LogP contribution in [-0.2, 0) is 65.6 Å². The highest BCUT2D eigenvalue weighted by molar-refractivity contribution is 5.99. The van der Waals surface area contributed by atoms with Crippen LogP contribution < -0.4 is 60.2 Å². The number of carbonyl (C=O) groups is 11. The molecule has 0 heterocycles. The summed E-state index contributed by atoms with van der Waals surface area (Å²) >= 11 is 0. The van der Waals surface area contributed by atoms with E-state index in [0.29, 0.717) is 11.1 Å². The molecule has 0 unspecified atom stereocenters. The summed E-state index contributed by atoms with van der Waals surface area (Å²) in [6.45, 7) is 2.16. The van der Waals surface area contributed by atoms with Gasteiger partial charge in [0.05, 0.1) is 31.9 Å². The molecule has 20 N–H and O–H groups in total. The summed E-state index contributed by atoms with van der Waals surface area (Å²) in [5.41, 5.74) is 22.9. The van der Waals surface area contributed by atoms with Crippen molar-refractivity contribution in [3.8, 4) is 5.75 Å². The van der Waals surface area contributed by atoms with Crippen LogP contribution in [0.3, 0.4) is 0 Å². The Morgan fingerprint density at radius 3 is 1.48 bits per heavy atom. The number of rotatable bonds is 32. The number of nitrogens with one attached hydrogen (secondary N) is 7. The maximum Gasteiger partial charge on any atom is 0.326 e. The van der Waals surface area contributed by atoms with Gasteiger partial charge in [0, 0.05) is 19.4 Å². The Hall–Kier alpha value is -8.40. The van der Waals surface area contributed by atoms with Crippen LogP contribution in [0.15, 0.2) is 59.6 Å². The molecule has 400 valence electrons. The van der Waals surface area contributed by atoms with E-state index in [9.17, 15) is 73.2 Å². The molecule has 8 amide bonds. The predicted molar refractivity (Wildman–Crippen MR) is 256 cm³/mol. The van der Waals surface area contributed by atoms with Crippen LogP contribution in [0.2, 0.25) is 0 Å². The maximum atomic E-state index is 14.0. The first kappa shape index (κ1) is 60.7. The molecule has 8 atom stereocenters. The minimum atomic E-state index is -1.92. The Bertz CT molecular complexity index is 2300. The summed E-state index contributed by atoms with van der Waals surface area (Å²) in [6, 6.07) is 0.121. The number of hydrogen-bond acceptors (Lipinski definition) is 15. The van der Waals surface area contributed by atoms with Gasteiger partial charge in [-0.15, -0.1) is 0 Å². The molecule has 0 saturated heterocycles. The summed E-state index contributed by atoms with van der Waals surface area (Å²) < 4.78 is 0. The molecule has 28 nitrogen and oxygen atoms in total. The molecule has 0 aromatic heterocycles. The number of nitrogens with zero attached hydrogens (tertiary/aromatic N) is 1. The van der Waals surface area contributed by atoms with Gasteiger partial charge in [0.25, 0.3) is 0 Å². The van der Waals surface area contributed by atoms with E-state index in [1.807, 2.05) is 0 Å². The number of benzene rings is 2. The number of aliphatic imine (C=N–C) groups is 1. The smallest absolute Gasteiger partial charge is 0.326 e. The first-order valence-corrected chi connectivity index (χ1v) is 22.6. The van der Waals surface area contributed by atoms with E-state index in [1.165, 1.54) is 24.3 Å². The number of hydrogen-bond donors (Lipinski definition) is 16. The zero-order chi connectivity index (χ0) is 54.9. The fourth-order valence-corrected chi connectivity index (χ4v) is 6.78. The zero-order valence-corrected chi connectivity index (χ0v) is 39.9. The third kappa shape index (κ3) is 22.9. The Labute approximate surface area is 417 Å². The van der Waals surface area contributed by atoms with Gasteiger partial charge >= 0.3 is 17.9 Å². The topological polar surface area (TPSA) is 490 Å². The van der Waals surface area contributed by atoms with Gasteiger partial charge in [-0.2, -0.15) is 0 Å². The number of nitrogens with two attached hydrogens (primary N) is 4. The Kier molecular flexibility index (Phi) is 25.3. The molecule has 0 saturated carbocycles. The number of carboxylic acids is 3. The van der Waals surface area contributed by atoms with E-state index in [0.717, 1.165) is 0 Å². The van der Waals surface area contributed by atoms with Gasteiger partial charge in [0.2, 0.25) is 47.3 Å². The van der Waals surface area contributed by atoms with E-state index in [-0.39, 0.29) is 56.3 Å². The van der Waals surface area contributed by atoms with Crippen molar-refractivity contribution in [1.82, 2.24) is 37.2 Å². The number of guanidine groups is 1. The molecule has 0 aliphatic heterocycles. The van der Waals surface area contributed by atoms with Gasteiger partial charge < -0.3 is 85.7 Å². The van der Waals surface area contributed by atoms with Crippen molar-refractivity contribution in [2.75, 3.05) is 13.2 Å². The second-order valence-corrected chi connectivity index (χ2v) is 17.1. The Morgan fingerprint density at radius 2 is 0.973 bits per heavy atom. The molecule has 0 bridgehead atoms. The van der Waals surface area contributed by atoms with Gasteiger partial charge in [-0.1, -0.05) is 56.3 Å². The first-order chi connectivity index (χ1) is 34.3. The second kappa shape index (κ2) is 30.4. The van der Waals surface area contributed by atoms with Crippen molar-refractivity contribution in [1.29, 1.82) is 0 Å². The van der Waals surface area contributed by atoms with Crippen LogP contribution in [0, 0.1) is 5.92 Å². The highest BCUT2D eigenvalue weighted by Crippen LogP contribution is 2.14. The van der Waals surface area contributed by atoms with Gasteiger partial charge in [0.15, 0.2) is 5.96 Å². The highest BCUT2D eigenvalue weighted by atomic mass is 16.4. The average molecular weight is 1030 g/mol. The highest BCUT2D eigenvalue weighted by Gasteiger charge is 2.35. The first-order valence-electron chi connectivity index (χ1n) is 22.6. The lowest BCUT2D eigenvalue weighted by atomic mass is 10.00. The van der Waals surface area contributed by atoms with Gasteiger partial charge in [0.1, 0.15) is 48.0 Å². The number of aliphatic hydroxyl groups is 1. The lowest BCUT2D eigenvalue weighted by Gasteiger charge is -2.28. The summed E-state index contributed by atoms with van der Waals surface area (Å²) in [5.74, 6) is -14.3. The van der Waals surface area contributed by atoms with Crippen LogP contribution in [0.5, 0.6) is 5.75 Å². The SMILES string of the molecule is CC(C)C[C@H](NC(=O)[C@H](CC(N)=O)NC(=O)[C@H](CCCN=C(N)N)NC(=O)[C@H](CO)NC(=O)[C@H](Cc1ccccc1)NC(=O)[C@@H](N)CC(=O)O)C(=O)N[C@@H](Cc1ccc(O)cc1)C(=O)N[C@@H](CC(=O)O)C(=O)O. The minimum absolute atomic E-state index is 0.0140. The quantitative estimate of drug-likeness (QED) is 0.0185. The molecule has 0 radical (unpaired) electrons. The van der Waals surface area contributed by atoms with Crippen LogP contribution in [-0.4, -0.2) is 158 Å². The number of carboxylic acid groups (broad SMARTS) is 3. The van der Waals surface area contributed by atoms with E-state index >= 15 is 0 Å². The van der Waals surface area contributed by atoms with Crippen molar-refractivity contribution in [2.24, 2.45) is 33.8 Å². The van der Waals surface area contributed by atoms with Crippen molar-refractivity contribution < 1.29 is 78.3 Å². The molecule has 0 aliphatic carbocycles. The second-order valence-electron chi connectivity index (χ2n) is 17.1. The molecule has 2 rings (SSSR count). The summed E-state index contributed by atoms with van der Waals surface area (Å²) in [4.78, 5) is 146. The fourth-order valence-electron chi connectivity index (χ4n) is 6.78. The lowest BCUT2D eigenvalue weighted by Crippen LogP contribution is -2.61. The van der Waals surface area contributed by atoms with Crippen LogP contribution >= 0.6 is 0 Å². The van der Waals surface area contributed by atoms with Crippen molar-refractivity contribution in [2.45, 2.75) is 114 Å². The lowest BCUT2D eigenvalue weighted by molar-refractivity contribution is -0.147. The van der Waals surface area contributed by atoms with E-state index in [1.54, 1.807) is 44.2 Å². The van der Waals surface area contributed by atoms with Crippen LogP contribution in [0.4, 0.5) is 0 Å². The molecule has 0 aliphatic rings. The number of carbonyl (C=O) groups excluding carboxylic acids is 8. The number of aliphatic hydroxyl groups excluding tert-OH is 1. The van der Waals surface area contributed by atoms with Gasteiger partial charge in [-0.05, 0) is 48.4 Å². The predicted octanol–water partition coefficient (Wildman–Crippen LogP) is -5.10. The van der Waals surface area contributed by atoms with Crippen molar-refractivity contribution >= 4 is 71.1 Å². The van der Waals surface area contributed by atoms with E-state index in [4.69, 9.17) is 28.0 Å². The van der Waals surface area contributed by atoms with Crippen LogP contribution in [0.25, 0.3) is 0 Å². The largest absolute Gasteiger partial charge is 0.508 e. The van der Waals surface area contributed by atoms with Gasteiger partial charge in [-0.3, -0.25) is 52.9 Å². The molecule has 0 spiro atoms. The molecule has 0 fully saturated rings. The van der Waals surface area contributed by atoms with Crippen molar-refractivity contribution in [3.05, 3.63) is 65.7 Å². The average Bonchev–Trinajstić information content (AvgIpc) is 3.30. The van der Waals surface area contributed by atoms with Crippen molar-refractivity contribution in [3.63, 3.8) is 0 Å². The van der Waals surface area contributed by atoms with Crippen LogP contribution in [0.1, 0.15) is 63.5 Å². The standard InChI is InChI=1S/C45H64N12O16/c1-22(2)15-28(39(67)54-30(17-24-10-12-25(59)13-11-24)40(68)56-32(44(72)73)20-36(63)64)53-42(70)31(19-34(47)60)55-38(66)27(9-6-14-50-45(48)49)51-43(71)33(21-58)57-41(69)29(16-23-7-4-3-5-8-23)52-37(65)26(46)18-35(61)62/h3-5,7-8,10-13,22,26-33,58-59H,6,9,14-21,46H2,1-2H3,(H2,47,60)(H,51,71)(H,52,65)(H,53,70)(H,54,67)(H,55,66)(H,56,68)(H,57,69)(H,61,62)(H,63,64)(H,72,73)(H4,48,49,50)/t26-,27-,28-,29-,30-,31-,32-,33-/m0/s1. The van der Waals surface area contributed by atoms with Gasteiger partial charge in [-0.25, -0.2) is 4.79 Å². The molecule has 28 heteroatoms. The fraction of sp³-hybridized carbons (Fsp3) is 0.467. The van der Waals surface area contributed by atoms with E-state index in [2.05, 4.69) is 42.2 Å². The number of phenols is 1. The maximum absolute atomic E-state index is 14.0. The minimum Gasteiger partial charge on any atom is -0.508 e. The molecule has 73 heavy (non-hydrogen) atoms. The summed E-state index contributed by atoms with van der Waals surface area (Å²) in [6.07, 6.45) is -3.63. The Balaban J connectivity index is 2.44. The normalized spacial score (nSPS) is 14.2. The number of primary amides is 1. The molecule has 2 aromatic rings. The monoisotopic (exact) mass is 1030 g/mol.